The van der Waals surface area contributed by atoms with Gasteiger partial charge in [0, 0.05) is 22.7 Å². The zero-order valence-electron chi connectivity index (χ0n) is 18.5. The van der Waals surface area contributed by atoms with Crippen molar-refractivity contribution in [1.82, 2.24) is 14.7 Å². The molecule has 1 aromatic heterocycles. The summed E-state index contributed by atoms with van der Waals surface area (Å²) in [6.07, 6.45) is 3.38. The Labute approximate surface area is 198 Å². The molecule has 5 nitrogen and oxygen atoms in total. The van der Waals surface area contributed by atoms with Gasteiger partial charge in [-0.1, -0.05) is 53.9 Å². The van der Waals surface area contributed by atoms with E-state index in [9.17, 15) is 4.79 Å². The number of ketones is 1. The Hall–Kier alpha value is -2.34. The van der Waals surface area contributed by atoms with Crippen LogP contribution >= 0.6 is 23.2 Å². The van der Waals surface area contributed by atoms with E-state index in [0.29, 0.717) is 51.5 Å². The molecule has 0 amide bonds. The normalized spacial score (nSPS) is 19.2. The fraction of sp³-hybridized carbons (Fsp3) is 0.360. The maximum Gasteiger partial charge on any atom is 0.200 e. The number of piperidine rings is 1. The molecule has 2 aromatic carbocycles. The summed E-state index contributed by atoms with van der Waals surface area (Å²) in [5.74, 6) is 0.373. The smallest absolute Gasteiger partial charge is 0.200 e. The van der Waals surface area contributed by atoms with Crippen molar-refractivity contribution < 1.29 is 9.53 Å². The molecule has 2 unspecified atom stereocenters. The van der Waals surface area contributed by atoms with E-state index in [-0.39, 0.29) is 5.78 Å². The van der Waals surface area contributed by atoms with Crippen molar-refractivity contribution in [2.75, 3.05) is 13.7 Å². The molecular formula is C25H27Cl2N3O2. The van der Waals surface area contributed by atoms with E-state index in [0.717, 1.165) is 18.4 Å². The molecule has 2 heterocycles. The third-order valence-electron chi connectivity index (χ3n) is 6.21. The summed E-state index contributed by atoms with van der Waals surface area (Å²) < 4.78 is 7.46. The van der Waals surface area contributed by atoms with Crippen LogP contribution in [0.1, 0.15) is 43.6 Å². The molecule has 0 bridgehead atoms. The highest BCUT2D eigenvalue weighted by molar-refractivity contribution is 6.32. The van der Waals surface area contributed by atoms with Crippen LogP contribution in [0.5, 0.6) is 5.75 Å². The van der Waals surface area contributed by atoms with Gasteiger partial charge in [0.1, 0.15) is 5.69 Å². The Morgan fingerprint density at radius 2 is 1.72 bits per heavy atom. The molecule has 3 aromatic rings. The molecule has 0 spiro atoms. The van der Waals surface area contributed by atoms with Crippen LogP contribution < -0.4 is 4.74 Å². The minimum Gasteiger partial charge on any atom is -0.492 e. The van der Waals surface area contributed by atoms with E-state index in [4.69, 9.17) is 33.0 Å². The molecule has 1 fully saturated rings. The largest absolute Gasteiger partial charge is 0.492 e. The van der Waals surface area contributed by atoms with Crippen LogP contribution in [0, 0.1) is 0 Å². The van der Waals surface area contributed by atoms with Crippen LogP contribution in [0.15, 0.2) is 48.5 Å². The number of Topliss-reactive ketones (excluding diaryl/α,β-unsaturated/α-hetero) is 1. The first-order valence-corrected chi connectivity index (χ1v) is 11.6. The number of carbonyl (C=O) groups is 1. The van der Waals surface area contributed by atoms with Crippen LogP contribution in [0.25, 0.3) is 16.9 Å². The molecule has 32 heavy (non-hydrogen) atoms. The topological polar surface area (TPSA) is 47.4 Å². The van der Waals surface area contributed by atoms with Crippen LogP contribution in [-0.2, 0) is 0 Å². The van der Waals surface area contributed by atoms with Gasteiger partial charge in [0.2, 0.25) is 5.78 Å². The third-order valence-corrected chi connectivity index (χ3v) is 6.78. The molecule has 168 valence electrons. The van der Waals surface area contributed by atoms with Gasteiger partial charge in [-0.05, 0) is 51.0 Å². The van der Waals surface area contributed by atoms with Gasteiger partial charge in [-0.15, -0.1) is 0 Å². The van der Waals surface area contributed by atoms with Gasteiger partial charge in [0.25, 0.3) is 0 Å². The number of halogens is 2. The number of hydrogen-bond acceptors (Lipinski definition) is 4. The number of rotatable bonds is 6. The van der Waals surface area contributed by atoms with Gasteiger partial charge in [0.05, 0.1) is 24.4 Å². The predicted octanol–water partition coefficient (Wildman–Crippen LogP) is 6.30. The van der Waals surface area contributed by atoms with E-state index >= 15 is 0 Å². The second kappa shape index (κ2) is 9.65. The monoisotopic (exact) mass is 471 g/mol. The predicted molar refractivity (Wildman–Crippen MR) is 129 cm³/mol. The van der Waals surface area contributed by atoms with Crippen LogP contribution in [0.3, 0.4) is 0 Å². The van der Waals surface area contributed by atoms with Gasteiger partial charge >= 0.3 is 0 Å². The number of likely N-dealkylation sites (tertiary alicyclic amines) is 1. The molecule has 0 N–H and O–H groups in total. The molecule has 1 aliphatic heterocycles. The standard InChI is InChI=1S/C25H27Cl2N3O2/c1-16-7-6-8-17(2)29(16)15-22(31)23-25(32-3)24(18-11-13-19(26)14-12-18)30(28-23)21-10-5-4-9-20(21)27/h4-5,9-14,16-17H,6-8,15H2,1-3H3. The van der Waals surface area contributed by atoms with E-state index in [2.05, 4.69) is 18.7 Å². The third kappa shape index (κ3) is 4.42. The van der Waals surface area contributed by atoms with Crippen molar-refractivity contribution in [3.05, 3.63) is 64.3 Å². The quantitative estimate of drug-likeness (QED) is 0.395. The van der Waals surface area contributed by atoms with Crippen molar-refractivity contribution in [2.45, 2.75) is 45.2 Å². The summed E-state index contributed by atoms with van der Waals surface area (Å²) in [7, 11) is 1.57. The maximum absolute atomic E-state index is 13.5. The van der Waals surface area contributed by atoms with Gasteiger partial charge in [-0.2, -0.15) is 5.10 Å². The molecule has 1 aliphatic rings. The lowest BCUT2D eigenvalue weighted by atomic mass is 9.97. The number of aromatic nitrogens is 2. The maximum atomic E-state index is 13.5. The molecule has 0 radical (unpaired) electrons. The molecular weight excluding hydrogens is 445 g/mol. The van der Waals surface area contributed by atoms with Crippen molar-refractivity contribution in [1.29, 1.82) is 0 Å². The fourth-order valence-corrected chi connectivity index (χ4v) is 4.81. The van der Waals surface area contributed by atoms with Gasteiger partial charge < -0.3 is 4.74 Å². The van der Waals surface area contributed by atoms with Crippen LogP contribution in [0.2, 0.25) is 10.0 Å². The highest BCUT2D eigenvalue weighted by Gasteiger charge is 2.31. The van der Waals surface area contributed by atoms with Crippen molar-refractivity contribution >= 4 is 29.0 Å². The van der Waals surface area contributed by atoms with Gasteiger partial charge in [-0.3, -0.25) is 9.69 Å². The lowest BCUT2D eigenvalue weighted by Gasteiger charge is -2.38. The minimum absolute atomic E-state index is 0.0662. The number of carbonyl (C=O) groups excluding carboxylic acids is 1. The summed E-state index contributed by atoms with van der Waals surface area (Å²) in [6.45, 7) is 4.67. The number of nitrogens with zero attached hydrogens (tertiary/aromatic N) is 3. The molecule has 2 atom stereocenters. The summed E-state index contributed by atoms with van der Waals surface area (Å²) >= 11 is 12.6. The molecule has 0 saturated carbocycles. The first-order valence-electron chi connectivity index (χ1n) is 10.9. The van der Waals surface area contributed by atoms with E-state index in [1.54, 1.807) is 30.0 Å². The number of hydrogen-bond donors (Lipinski definition) is 0. The lowest BCUT2D eigenvalue weighted by molar-refractivity contribution is 0.0727. The van der Waals surface area contributed by atoms with Crippen molar-refractivity contribution in [3.8, 4) is 22.7 Å². The number of methoxy groups -OCH3 is 1. The summed E-state index contributed by atoms with van der Waals surface area (Å²) in [5, 5.41) is 5.88. The summed E-state index contributed by atoms with van der Waals surface area (Å²) in [6, 6.07) is 15.5. The minimum atomic E-state index is -0.0662. The number of para-hydroxylation sites is 1. The van der Waals surface area contributed by atoms with E-state index in [1.807, 2.05) is 30.3 Å². The Kier molecular flexibility index (Phi) is 6.89. The SMILES string of the molecule is COc1c(C(=O)CN2C(C)CCCC2C)nn(-c2ccccc2Cl)c1-c1ccc(Cl)cc1. The lowest BCUT2D eigenvalue weighted by Crippen LogP contribution is -2.46. The summed E-state index contributed by atoms with van der Waals surface area (Å²) in [4.78, 5) is 15.8. The Balaban J connectivity index is 1.83. The second-order valence-corrected chi connectivity index (χ2v) is 9.17. The second-order valence-electron chi connectivity index (χ2n) is 8.33. The van der Waals surface area contributed by atoms with Crippen molar-refractivity contribution in [3.63, 3.8) is 0 Å². The average Bonchev–Trinajstić information content (AvgIpc) is 3.16. The highest BCUT2D eigenvalue weighted by atomic mass is 35.5. The molecule has 4 rings (SSSR count). The zero-order valence-corrected chi connectivity index (χ0v) is 20.0. The number of ether oxygens (including phenoxy) is 1. The first kappa shape index (κ1) is 22.8. The summed E-state index contributed by atoms with van der Waals surface area (Å²) in [5.41, 5.74) is 2.48. The van der Waals surface area contributed by atoms with Crippen LogP contribution in [-0.4, -0.2) is 46.2 Å². The molecule has 0 aliphatic carbocycles. The van der Waals surface area contributed by atoms with E-state index < -0.39 is 0 Å². The Morgan fingerprint density at radius 3 is 2.34 bits per heavy atom. The van der Waals surface area contributed by atoms with Crippen molar-refractivity contribution in [2.24, 2.45) is 0 Å². The molecule has 1 saturated heterocycles. The van der Waals surface area contributed by atoms with E-state index in [1.165, 1.54) is 6.42 Å². The number of benzene rings is 2. The van der Waals surface area contributed by atoms with Crippen LogP contribution in [0.4, 0.5) is 0 Å². The first-order chi connectivity index (χ1) is 15.4. The average molecular weight is 472 g/mol. The highest BCUT2D eigenvalue weighted by Crippen LogP contribution is 2.38. The van der Waals surface area contributed by atoms with Gasteiger partial charge in [-0.25, -0.2) is 4.68 Å². The Bertz CT molecular complexity index is 1100. The van der Waals surface area contributed by atoms with Gasteiger partial charge in [0.15, 0.2) is 11.4 Å². The zero-order chi connectivity index (χ0) is 22.8. The molecule has 7 heteroatoms. The Morgan fingerprint density at radius 1 is 1.06 bits per heavy atom. The fourth-order valence-electron chi connectivity index (χ4n) is 4.47.